The van der Waals surface area contributed by atoms with Crippen molar-refractivity contribution in [3.05, 3.63) is 34.8 Å². The van der Waals surface area contributed by atoms with Crippen molar-refractivity contribution >= 4 is 32.4 Å². The number of unbranched alkanes of at least 4 members (excludes halogenated alkanes) is 2. The lowest BCUT2D eigenvalue weighted by Gasteiger charge is -2.15. The number of nitrogens with one attached hydrogen (secondary N) is 1. The molecule has 9 heteroatoms. The van der Waals surface area contributed by atoms with Crippen LogP contribution in [0.3, 0.4) is 0 Å². The Morgan fingerprint density at radius 3 is 2.52 bits per heavy atom. The van der Waals surface area contributed by atoms with Gasteiger partial charge in [-0.05, 0) is 43.5 Å². The molecule has 3 rings (SSSR count). The molecule has 1 aliphatic rings. The number of rotatable bonds is 8. The van der Waals surface area contributed by atoms with Crippen LogP contribution < -0.4 is 5.32 Å². The lowest BCUT2D eigenvalue weighted by atomic mass is 10.2. The summed E-state index contributed by atoms with van der Waals surface area (Å²) in [5, 5.41) is 12.2. The van der Waals surface area contributed by atoms with Crippen LogP contribution in [0.5, 0.6) is 0 Å². The number of sulfonamides is 1. The minimum absolute atomic E-state index is 0.218. The second kappa shape index (κ2) is 8.90. The number of hydrogen-bond acceptors (Lipinski definition) is 6. The number of carbonyl (C=O) groups is 1. The number of carbonyl (C=O) groups excluding carboxylic acids is 1. The van der Waals surface area contributed by atoms with Gasteiger partial charge in [-0.3, -0.25) is 10.1 Å². The molecule has 27 heavy (non-hydrogen) atoms. The summed E-state index contributed by atoms with van der Waals surface area (Å²) in [5.41, 5.74) is 0.387. The number of hydrogen-bond donors (Lipinski definition) is 1. The molecule has 0 spiro atoms. The molecule has 146 valence electrons. The fourth-order valence-corrected chi connectivity index (χ4v) is 5.25. The molecule has 0 saturated carbocycles. The smallest absolute Gasteiger partial charge is 0.257 e. The molecular formula is C18H24N4O3S2. The van der Waals surface area contributed by atoms with Gasteiger partial charge in [0.2, 0.25) is 15.2 Å². The van der Waals surface area contributed by atoms with Crippen molar-refractivity contribution in [2.24, 2.45) is 0 Å². The van der Waals surface area contributed by atoms with E-state index in [2.05, 4.69) is 22.4 Å². The second-order valence-electron chi connectivity index (χ2n) is 6.55. The molecule has 1 amide bonds. The third-order valence-corrected chi connectivity index (χ3v) is 7.31. The molecular weight excluding hydrogens is 384 g/mol. The molecule has 1 aromatic heterocycles. The monoisotopic (exact) mass is 408 g/mol. The van der Waals surface area contributed by atoms with Gasteiger partial charge >= 0.3 is 0 Å². The fraction of sp³-hybridized carbons (Fsp3) is 0.500. The predicted molar refractivity (Wildman–Crippen MR) is 106 cm³/mol. The molecule has 2 aromatic rings. The summed E-state index contributed by atoms with van der Waals surface area (Å²) in [7, 11) is -3.47. The van der Waals surface area contributed by atoms with Crippen LogP contribution in [0.25, 0.3) is 0 Å². The van der Waals surface area contributed by atoms with E-state index in [9.17, 15) is 13.2 Å². The Labute approximate surface area is 163 Å². The van der Waals surface area contributed by atoms with E-state index in [-0.39, 0.29) is 10.8 Å². The van der Waals surface area contributed by atoms with E-state index in [0.717, 1.165) is 43.5 Å². The normalized spacial score (nSPS) is 15.1. The van der Waals surface area contributed by atoms with E-state index in [4.69, 9.17) is 0 Å². The maximum atomic E-state index is 12.5. The molecule has 0 aliphatic carbocycles. The molecule has 0 unspecified atom stereocenters. The highest BCUT2D eigenvalue weighted by atomic mass is 32.2. The first-order valence-electron chi connectivity index (χ1n) is 9.24. The molecule has 0 atom stereocenters. The third kappa shape index (κ3) is 4.91. The zero-order chi connectivity index (χ0) is 19.3. The average molecular weight is 409 g/mol. The van der Waals surface area contributed by atoms with Crippen LogP contribution in [0, 0.1) is 0 Å². The Hall–Kier alpha value is -1.84. The maximum absolute atomic E-state index is 12.5. The Kier molecular flexibility index (Phi) is 6.56. The summed E-state index contributed by atoms with van der Waals surface area (Å²) < 4.78 is 26.5. The fourth-order valence-electron chi connectivity index (χ4n) is 2.96. The lowest BCUT2D eigenvalue weighted by Crippen LogP contribution is -2.27. The van der Waals surface area contributed by atoms with Gasteiger partial charge in [0.1, 0.15) is 5.01 Å². The van der Waals surface area contributed by atoms with Crippen molar-refractivity contribution in [1.82, 2.24) is 14.5 Å². The number of benzene rings is 1. The third-order valence-electron chi connectivity index (χ3n) is 4.50. The largest absolute Gasteiger partial charge is 0.296 e. The summed E-state index contributed by atoms with van der Waals surface area (Å²) in [5.74, 6) is -0.323. The van der Waals surface area contributed by atoms with Crippen molar-refractivity contribution in [2.45, 2.75) is 50.3 Å². The summed E-state index contributed by atoms with van der Waals surface area (Å²) >= 11 is 1.37. The van der Waals surface area contributed by atoms with Crippen molar-refractivity contribution in [3.8, 4) is 0 Å². The summed E-state index contributed by atoms with van der Waals surface area (Å²) in [6.07, 6.45) is 6.00. The predicted octanol–water partition coefficient (Wildman–Crippen LogP) is 3.31. The minimum Gasteiger partial charge on any atom is -0.296 e. The van der Waals surface area contributed by atoms with Gasteiger partial charge in [0, 0.05) is 25.1 Å². The highest BCUT2D eigenvalue weighted by molar-refractivity contribution is 7.89. The molecule has 1 aromatic carbocycles. The summed E-state index contributed by atoms with van der Waals surface area (Å²) in [4.78, 5) is 12.6. The van der Waals surface area contributed by atoms with Crippen LogP contribution in [0.1, 0.15) is 54.4 Å². The van der Waals surface area contributed by atoms with Gasteiger partial charge in [-0.1, -0.05) is 31.1 Å². The van der Waals surface area contributed by atoms with Gasteiger partial charge in [0.15, 0.2) is 0 Å². The molecule has 7 nitrogen and oxygen atoms in total. The van der Waals surface area contributed by atoms with E-state index in [1.165, 1.54) is 39.9 Å². The zero-order valence-electron chi connectivity index (χ0n) is 15.3. The molecule has 0 bridgehead atoms. The van der Waals surface area contributed by atoms with Gasteiger partial charge < -0.3 is 0 Å². The van der Waals surface area contributed by atoms with Gasteiger partial charge in [-0.2, -0.15) is 4.31 Å². The van der Waals surface area contributed by atoms with Crippen LogP contribution in [-0.4, -0.2) is 41.9 Å². The number of aryl methyl sites for hydroxylation is 1. The first-order chi connectivity index (χ1) is 13.0. The number of nitrogens with zero attached hydrogens (tertiary/aromatic N) is 3. The van der Waals surface area contributed by atoms with Crippen molar-refractivity contribution in [1.29, 1.82) is 0 Å². The molecule has 0 radical (unpaired) electrons. The standard InChI is InChI=1S/C18H24N4O3S2/c1-2-3-4-7-16-20-21-18(26-16)19-17(23)14-8-10-15(11-9-14)27(24,25)22-12-5-6-13-22/h8-11H,2-7,12-13H2,1H3,(H,19,21,23). The van der Waals surface area contributed by atoms with Crippen LogP contribution >= 0.6 is 11.3 Å². The van der Waals surface area contributed by atoms with E-state index in [0.29, 0.717) is 23.8 Å². The van der Waals surface area contributed by atoms with Crippen molar-refractivity contribution in [3.63, 3.8) is 0 Å². The van der Waals surface area contributed by atoms with Crippen LogP contribution in [0.2, 0.25) is 0 Å². The van der Waals surface area contributed by atoms with Crippen LogP contribution in [-0.2, 0) is 16.4 Å². The van der Waals surface area contributed by atoms with E-state index in [1.54, 1.807) is 0 Å². The minimum atomic E-state index is -3.47. The Morgan fingerprint density at radius 2 is 1.85 bits per heavy atom. The molecule has 1 saturated heterocycles. The Bertz CT molecular complexity index is 872. The first-order valence-corrected chi connectivity index (χ1v) is 11.5. The quantitative estimate of drug-likeness (QED) is 0.677. The van der Waals surface area contributed by atoms with Crippen molar-refractivity contribution in [2.75, 3.05) is 18.4 Å². The van der Waals surface area contributed by atoms with Gasteiger partial charge in [0.05, 0.1) is 4.90 Å². The molecule has 1 aliphatic heterocycles. The zero-order valence-corrected chi connectivity index (χ0v) is 17.0. The number of aromatic nitrogens is 2. The highest BCUT2D eigenvalue weighted by Crippen LogP contribution is 2.22. The van der Waals surface area contributed by atoms with E-state index < -0.39 is 10.0 Å². The van der Waals surface area contributed by atoms with E-state index >= 15 is 0 Å². The van der Waals surface area contributed by atoms with Gasteiger partial charge in [0.25, 0.3) is 5.91 Å². The topological polar surface area (TPSA) is 92.3 Å². The lowest BCUT2D eigenvalue weighted by molar-refractivity contribution is 0.102. The number of anilines is 1. The van der Waals surface area contributed by atoms with Gasteiger partial charge in [-0.15, -0.1) is 10.2 Å². The van der Waals surface area contributed by atoms with Crippen LogP contribution in [0.15, 0.2) is 29.2 Å². The molecule has 2 heterocycles. The molecule has 1 fully saturated rings. The second-order valence-corrected chi connectivity index (χ2v) is 9.55. The van der Waals surface area contributed by atoms with E-state index in [1.807, 2.05) is 0 Å². The maximum Gasteiger partial charge on any atom is 0.257 e. The number of amides is 1. The van der Waals surface area contributed by atoms with Gasteiger partial charge in [-0.25, -0.2) is 8.42 Å². The van der Waals surface area contributed by atoms with Crippen LogP contribution in [0.4, 0.5) is 5.13 Å². The Morgan fingerprint density at radius 1 is 1.15 bits per heavy atom. The summed E-state index contributed by atoms with van der Waals surface area (Å²) in [6.45, 7) is 3.26. The first kappa shape index (κ1) is 19.9. The highest BCUT2D eigenvalue weighted by Gasteiger charge is 2.27. The SMILES string of the molecule is CCCCCc1nnc(NC(=O)c2ccc(S(=O)(=O)N3CCCC3)cc2)s1. The summed E-state index contributed by atoms with van der Waals surface area (Å²) in [6, 6.07) is 6.03. The molecule has 1 N–H and O–H groups in total. The Balaban J connectivity index is 1.62. The average Bonchev–Trinajstić information content (AvgIpc) is 3.34. The van der Waals surface area contributed by atoms with Crippen molar-refractivity contribution < 1.29 is 13.2 Å².